The SMILES string of the molecule is O=C(C1CCCCC1)N1C[C@H]2CC[C@@H]1CN(Cc1ccccn1)C2. The monoisotopic (exact) mass is 327 g/mol. The second-order valence-corrected chi connectivity index (χ2v) is 7.94. The lowest BCUT2D eigenvalue weighted by Crippen LogP contribution is -2.49. The maximum atomic E-state index is 13.1. The van der Waals surface area contributed by atoms with Gasteiger partial charge in [-0.15, -0.1) is 0 Å². The van der Waals surface area contributed by atoms with Crippen LogP contribution in [0.3, 0.4) is 0 Å². The summed E-state index contributed by atoms with van der Waals surface area (Å²) < 4.78 is 0. The first-order chi connectivity index (χ1) is 11.8. The molecule has 1 aromatic heterocycles. The number of hydrogen-bond donors (Lipinski definition) is 0. The molecule has 1 saturated carbocycles. The number of hydrogen-bond acceptors (Lipinski definition) is 3. The first-order valence-corrected chi connectivity index (χ1v) is 9.72. The molecule has 1 amide bonds. The third kappa shape index (κ3) is 3.49. The molecule has 4 heterocycles. The summed E-state index contributed by atoms with van der Waals surface area (Å²) in [7, 11) is 0. The molecule has 1 aromatic rings. The van der Waals surface area contributed by atoms with Gasteiger partial charge in [-0.3, -0.25) is 14.7 Å². The number of rotatable bonds is 3. The molecule has 4 nitrogen and oxygen atoms in total. The van der Waals surface area contributed by atoms with Crippen molar-refractivity contribution in [1.29, 1.82) is 0 Å². The van der Waals surface area contributed by atoms with Crippen molar-refractivity contribution in [2.45, 2.75) is 57.5 Å². The Labute approximate surface area is 145 Å². The number of carbonyl (C=O) groups excluding carboxylic acids is 1. The fourth-order valence-electron chi connectivity index (χ4n) is 4.88. The van der Waals surface area contributed by atoms with E-state index in [0.29, 0.717) is 23.8 Å². The van der Waals surface area contributed by atoms with Gasteiger partial charge in [0.2, 0.25) is 5.91 Å². The molecule has 5 rings (SSSR count). The number of aromatic nitrogens is 1. The van der Waals surface area contributed by atoms with Gasteiger partial charge in [0.1, 0.15) is 0 Å². The Morgan fingerprint density at radius 1 is 1.04 bits per heavy atom. The lowest BCUT2D eigenvalue weighted by atomic mass is 9.86. The maximum absolute atomic E-state index is 13.1. The van der Waals surface area contributed by atoms with E-state index in [1.807, 2.05) is 12.3 Å². The van der Waals surface area contributed by atoms with E-state index >= 15 is 0 Å². The Morgan fingerprint density at radius 3 is 2.71 bits per heavy atom. The number of fused-ring (bicyclic) bond motifs is 4. The van der Waals surface area contributed by atoms with Crippen LogP contribution in [0, 0.1) is 11.8 Å². The van der Waals surface area contributed by atoms with Gasteiger partial charge in [-0.05, 0) is 43.7 Å². The van der Waals surface area contributed by atoms with Crippen LogP contribution < -0.4 is 0 Å². The van der Waals surface area contributed by atoms with Gasteiger partial charge in [0.05, 0.1) is 5.69 Å². The zero-order chi connectivity index (χ0) is 16.4. The molecule has 2 atom stereocenters. The van der Waals surface area contributed by atoms with E-state index in [4.69, 9.17) is 0 Å². The highest BCUT2D eigenvalue weighted by molar-refractivity contribution is 5.79. The normalized spacial score (nSPS) is 28.8. The van der Waals surface area contributed by atoms with Crippen molar-refractivity contribution in [2.75, 3.05) is 19.6 Å². The van der Waals surface area contributed by atoms with E-state index in [1.165, 1.54) is 32.1 Å². The Balaban J connectivity index is 1.43. The number of pyridine rings is 1. The molecule has 1 aliphatic carbocycles. The van der Waals surface area contributed by atoms with Crippen LogP contribution in [0.2, 0.25) is 0 Å². The smallest absolute Gasteiger partial charge is 0.225 e. The number of piperidine rings is 1. The molecule has 4 heteroatoms. The molecule has 0 N–H and O–H groups in total. The fourth-order valence-corrected chi connectivity index (χ4v) is 4.88. The topological polar surface area (TPSA) is 36.4 Å². The van der Waals surface area contributed by atoms with Gasteiger partial charge in [0.15, 0.2) is 0 Å². The third-order valence-electron chi connectivity index (χ3n) is 6.14. The minimum Gasteiger partial charge on any atom is -0.338 e. The quantitative estimate of drug-likeness (QED) is 0.856. The van der Waals surface area contributed by atoms with Crippen molar-refractivity contribution in [3.05, 3.63) is 30.1 Å². The minimum atomic E-state index is 0.308. The lowest BCUT2D eigenvalue weighted by molar-refractivity contribution is -0.140. The highest BCUT2D eigenvalue weighted by Gasteiger charge is 2.39. The molecular weight excluding hydrogens is 298 g/mol. The predicted molar refractivity (Wildman–Crippen MR) is 94.3 cm³/mol. The molecule has 2 bridgehead atoms. The van der Waals surface area contributed by atoms with Crippen LogP contribution >= 0.6 is 0 Å². The fraction of sp³-hybridized carbons (Fsp3) is 0.700. The standard InChI is InChI=1S/C20H29N3O/c24-20(17-6-2-1-3-7-17)23-13-16-9-10-19(23)15-22(12-16)14-18-8-4-5-11-21-18/h4-5,8,11,16-17,19H,1-3,6-7,9-10,12-15H2/t16-,19+/m0/s1. The molecule has 0 spiro atoms. The highest BCUT2D eigenvalue weighted by atomic mass is 16.2. The molecule has 3 saturated heterocycles. The van der Waals surface area contributed by atoms with Crippen LogP contribution in [-0.4, -0.2) is 46.4 Å². The van der Waals surface area contributed by atoms with Crippen LogP contribution in [0.5, 0.6) is 0 Å². The van der Waals surface area contributed by atoms with Gasteiger partial charge in [-0.1, -0.05) is 25.3 Å². The van der Waals surface area contributed by atoms with Crippen LogP contribution in [0.4, 0.5) is 0 Å². The van der Waals surface area contributed by atoms with E-state index in [9.17, 15) is 4.79 Å². The average molecular weight is 327 g/mol. The first-order valence-electron chi connectivity index (χ1n) is 9.72. The molecule has 0 radical (unpaired) electrons. The molecule has 0 aromatic carbocycles. The van der Waals surface area contributed by atoms with Gasteiger partial charge in [-0.25, -0.2) is 0 Å². The molecule has 130 valence electrons. The predicted octanol–water partition coefficient (Wildman–Crippen LogP) is 3.08. The molecule has 24 heavy (non-hydrogen) atoms. The number of nitrogens with zero attached hydrogens (tertiary/aromatic N) is 3. The van der Waals surface area contributed by atoms with Crippen LogP contribution in [-0.2, 0) is 11.3 Å². The number of carbonyl (C=O) groups is 1. The summed E-state index contributed by atoms with van der Waals surface area (Å²) in [6.45, 7) is 4.03. The summed E-state index contributed by atoms with van der Waals surface area (Å²) in [4.78, 5) is 22.3. The van der Waals surface area contributed by atoms with E-state index in [0.717, 1.165) is 44.7 Å². The van der Waals surface area contributed by atoms with Crippen molar-refractivity contribution in [3.63, 3.8) is 0 Å². The lowest BCUT2D eigenvalue weighted by Gasteiger charge is -2.39. The molecule has 0 unspecified atom stereocenters. The van der Waals surface area contributed by atoms with Gasteiger partial charge in [0, 0.05) is 44.3 Å². The first kappa shape index (κ1) is 16.1. The zero-order valence-electron chi connectivity index (χ0n) is 14.6. The van der Waals surface area contributed by atoms with Crippen molar-refractivity contribution < 1.29 is 4.79 Å². The Kier molecular flexibility index (Phi) is 4.83. The van der Waals surface area contributed by atoms with Crippen LogP contribution in [0.1, 0.15) is 50.6 Å². The van der Waals surface area contributed by atoms with Crippen molar-refractivity contribution >= 4 is 5.91 Å². The summed E-state index contributed by atoms with van der Waals surface area (Å²) in [6, 6.07) is 6.56. The summed E-state index contributed by atoms with van der Waals surface area (Å²) in [5, 5.41) is 0. The van der Waals surface area contributed by atoms with Crippen molar-refractivity contribution in [3.8, 4) is 0 Å². The van der Waals surface area contributed by atoms with Gasteiger partial charge >= 0.3 is 0 Å². The van der Waals surface area contributed by atoms with E-state index in [2.05, 4.69) is 26.9 Å². The second-order valence-electron chi connectivity index (χ2n) is 7.94. The Bertz CT molecular complexity index is 555. The van der Waals surface area contributed by atoms with Gasteiger partial charge in [0.25, 0.3) is 0 Å². The summed E-state index contributed by atoms with van der Waals surface area (Å²) in [5.41, 5.74) is 1.14. The summed E-state index contributed by atoms with van der Waals surface area (Å²) >= 11 is 0. The maximum Gasteiger partial charge on any atom is 0.225 e. The third-order valence-corrected chi connectivity index (χ3v) is 6.14. The van der Waals surface area contributed by atoms with Gasteiger partial charge in [-0.2, -0.15) is 0 Å². The van der Waals surface area contributed by atoms with E-state index < -0.39 is 0 Å². The number of amides is 1. The zero-order valence-corrected chi connectivity index (χ0v) is 14.6. The molecule has 3 aliphatic heterocycles. The minimum absolute atomic E-state index is 0.308. The Hall–Kier alpha value is -1.42. The van der Waals surface area contributed by atoms with Crippen LogP contribution in [0.25, 0.3) is 0 Å². The molecule has 4 aliphatic rings. The van der Waals surface area contributed by atoms with Gasteiger partial charge < -0.3 is 4.90 Å². The van der Waals surface area contributed by atoms with E-state index in [1.54, 1.807) is 0 Å². The van der Waals surface area contributed by atoms with Crippen molar-refractivity contribution in [1.82, 2.24) is 14.8 Å². The van der Waals surface area contributed by atoms with E-state index in [-0.39, 0.29) is 0 Å². The summed E-state index contributed by atoms with van der Waals surface area (Å²) in [5.74, 6) is 1.41. The highest BCUT2D eigenvalue weighted by Crippen LogP contribution is 2.32. The molecular formula is C20H29N3O. The van der Waals surface area contributed by atoms with Crippen LogP contribution in [0.15, 0.2) is 24.4 Å². The largest absolute Gasteiger partial charge is 0.338 e. The second kappa shape index (κ2) is 7.22. The summed E-state index contributed by atoms with van der Waals surface area (Å²) in [6.07, 6.45) is 10.4. The van der Waals surface area contributed by atoms with Crippen molar-refractivity contribution in [2.24, 2.45) is 11.8 Å². The average Bonchev–Trinajstić information content (AvgIpc) is 2.93. The Morgan fingerprint density at radius 2 is 1.92 bits per heavy atom. The molecule has 4 fully saturated rings.